The fourth-order valence-electron chi connectivity index (χ4n) is 2.63. The van der Waals surface area contributed by atoms with Crippen molar-refractivity contribution < 1.29 is 9.90 Å². The van der Waals surface area contributed by atoms with E-state index >= 15 is 0 Å². The van der Waals surface area contributed by atoms with Gasteiger partial charge in [-0.15, -0.1) is 0 Å². The maximum Gasteiger partial charge on any atom is 0.275 e. The number of thiazole rings is 1. The van der Waals surface area contributed by atoms with E-state index in [4.69, 9.17) is 0 Å². The van der Waals surface area contributed by atoms with E-state index in [1.807, 2.05) is 31.2 Å². The molecule has 4 rings (SSSR count). The summed E-state index contributed by atoms with van der Waals surface area (Å²) in [6, 6.07) is 14.4. The highest BCUT2D eigenvalue weighted by Gasteiger charge is 2.22. The minimum atomic E-state index is -0.691. The fraction of sp³-hybridized carbons (Fsp3) is 0.0556. The lowest BCUT2D eigenvalue weighted by Crippen LogP contribution is -2.26. The second kappa shape index (κ2) is 5.71. The van der Waals surface area contributed by atoms with Crippen LogP contribution in [0.25, 0.3) is 15.2 Å². The molecule has 2 aromatic carbocycles. The van der Waals surface area contributed by atoms with Crippen molar-refractivity contribution in [2.45, 2.75) is 6.92 Å². The number of rotatable bonds is 2. The maximum absolute atomic E-state index is 12.8. The zero-order chi connectivity index (χ0) is 17.6. The maximum atomic E-state index is 12.8. The first-order chi connectivity index (χ1) is 12.0. The normalized spacial score (nSPS) is 11.1. The summed E-state index contributed by atoms with van der Waals surface area (Å²) in [5, 5.41) is 12.8. The van der Waals surface area contributed by atoms with E-state index in [2.05, 4.69) is 10.3 Å². The van der Waals surface area contributed by atoms with Gasteiger partial charge in [-0.1, -0.05) is 41.2 Å². The van der Waals surface area contributed by atoms with Crippen LogP contribution < -0.4 is 10.9 Å². The molecule has 2 aromatic heterocycles. The van der Waals surface area contributed by atoms with Crippen LogP contribution in [0.5, 0.6) is 5.88 Å². The summed E-state index contributed by atoms with van der Waals surface area (Å²) in [6.45, 7) is 1.93. The van der Waals surface area contributed by atoms with Crippen LogP contribution in [0.1, 0.15) is 15.9 Å². The molecule has 0 radical (unpaired) electrons. The third-order valence-corrected chi connectivity index (χ3v) is 4.90. The summed E-state index contributed by atoms with van der Waals surface area (Å²) in [5.74, 6) is -1.26. The molecule has 0 atom stereocenters. The summed E-state index contributed by atoms with van der Waals surface area (Å²) in [5.41, 5.74) is 1.28. The molecule has 6 nitrogen and oxygen atoms in total. The number of hydrogen-bond acceptors (Lipinski definition) is 5. The van der Waals surface area contributed by atoms with Gasteiger partial charge in [0.1, 0.15) is 0 Å². The Morgan fingerprint density at radius 2 is 1.88 bits per heavy atom. The molecule has 0 fully saturated rings. The zero-order valence-corrected chi connectivity index (χ0v) is 14.0. The fourth-order valence-corrected chi connectivity index (χ4v) is 3.64. The van der Waals surface area contributed by atoms with Gasteiger partial charge >= 0.3 is 0 Å². The number of aromatic nitrogens is 2. The number of nitrogens with one attached hydrogen (secondary N) is 1. The molecule has 1 amide bonds. The predicted octanol–water partition coefficient (Wildman–Crippen LogP) is 3.18. The Bertz CT molecular complexity index is 1180. The molecule has 4 aromatic rings. The number of aromatic hydroxyl groups is 1. The van der Waals surface area contributed by atoms with Crippen molar-refractivity contribution in [2.24, 2.45) is 0 Å². The minimum Gasteiger partial charge on any atom is -0.492 e. The third-order valence-electron chi connectivity index (χ3n) is 3.88. The quantitative estimate of drug-likeness (QED) is 0.581. The SMILES string of the molecule is Cc1ccc(NC(=O)c2c(O)nc3sc4ccccc4n3c2=O)cc1. The van der Waals surface area contributed by atoms with Crippen molar-refractivity contribution in [3.63, 3.8) is 0 Å². The number of aryl methyl sites for hydroxylation is 1. The Labute approximate surface area is 146 Å². The molecule has 7 heteroatoms. The van der Waals surface area contributed by atoms with Gasteiger partial charge in [0.25, 0.3) is 11.5 Å². The topological polar surface area (TPSA) is 83.7 Å². The van der Waals surface area contributed by atoms with E-state index < -0.39 is 17.3 Å². The van der Waals surface area contributed by atoms with Crippen LogP contribution in [0.15, 0.2) is 53.3 Å². The van der Waals surface area contributed by atoms with Crippen LogP contribution in [0.3, 0.4) is 0 Å². The number of fused-ring (bicyclic) bond motifs is 3. The van der Waals surface area contributed by atoms with Gasteiger partial charge in [-0.05, 0) is 31.2 Å². The predicted molar refractivity (Wildman–Crippen MR) is 97.6 cm³/mol. The summed E-state index contributed by atoms with van der Waals surface area (Å²) in [7, 11) is 0. The van der Waals surface area contributed by atoms with Gasteiger partial charge in [0.05, 0.1) is 10.2 Å². The summed E-state index contributed by atoms with van der Waals surface area (Å²) >= 11 is 1.28. The molecular weight excluding hydrogens is 338 g/mol. The van der Waals surface area contributed by atoms with Crippen LogP contribution in [-0.2, 0) is 0 Å². The van der Waals surface area contributed by atoms with Crippen LogP contribution in [0, 0.1) is 6.92 Å². The van der Waals surface area contributed by atoms with Crippen LogP contribution in [-0.4, -0.2) is 20.4 Å². The van der Waals surface area contributed by atoms with Gasteiger partial charge in [0, 0.05) is 5.69 Å². The van der Waals surface area contributed by atoms with E-state index in [1.54, 1.807) is 24.3 Å². The molecule has 0 aliphatic heterocycles. The first kappa shape index (κ1) is 15.3. The number of para-hydroxylation sites is 1. The summed E-state index contributed by atoms with van der Waals surface area (Å²) < 4.78 is 2.20. The number of nitrogens with zero attached hydrogens (tertiary/aromatic N) is 2. The number of carbonyl (C=O) groups excluding carboxylic acids is 1. The molecule has 0 aliphatic rings. The highest BCUT2D eigenvalue weighted by Crippen LogP contribution is 2.25. The number of anilines is 1. The number of amides is 1. The highest BCUT2D eigenvalue weighted by molar-refractivity contribution is 7.23. The Morgan fingerprint density at radius 1 is 1.16 bits per heavy atom. The van der Waals surface area contributed by atoms with E-state index in [0.29, 0.717) is 16.2 Å². The highest BCUT2D eigenvalue weighted by atomic mass is 32.1. The van der Waals surface area contributed by atoms with Crippen molar-refractivity contribution in [3.8, 4) is 5.88 Å². The van der Waals surface area contributed by atoms with Crippen LogP contribution in [0.2, 0.25) is 0 Å². The molecule has 0 unspecified atom stereocenters. The van der Waals surface area contributed by atoms with Crippen LogP contribution >= 0.6 is 11.3 Å². The molecule has 0 saturated carbocycles. The van der Waals surface area contributed by atoms with Crippen LogP contribution in [0.4, 0.5) is 5.69 Å². The average molecular weight is 351 g/mol. The minimum absolute atomic E-state index is 0.343. The molecule has 25 heavy (non-hydrogen) atoms. The largest absolute Gasteiger partial charge is 0.492 e. The summed E-state index contributed by atoms with van der Waals surface area (Å²) in [4.78, 5) is 29.7. The summed E-state index contributed by atoms with van der Waals surface area (Å²) in [6.07, 6.45) is 0. The van der Waals surface area contributed by atoms with Gasteiger partial charge in [0.15, 0.2) is 5.56 Å². The molecule has 0 spiro atoms. The van der Waals surface area contributed by atoms with Gasteiger partial charge in [-0.25, -0.2) is 0 Å². The molecule has 0 saturated heterocycles. The molecule has 0 bridgehead atoms. The Hall–Kier alpha value is -3.19. The third kappa shape index (κ3) is 2.54. The van der Waals surface area contributed by atoms with E-state index in [1.165, 1.54) is 15.7 Å². The lowest BCUT2D eigenvalue weighted by Gasteiger charge is -2.07. The number of carbonyl (C=O) groups is 1. The van der Waals surface area contributed by atoms with Gasteiger partial charge in [0.2, 0.25) is 10.8 Å². The second-order valence-corrected chi connectivity index (χ2v) is 6.63. The molecule has 2 heterocycles. The average Bonchev–Trinajstić information content (AvgIpc) is 2.95. The van der Waals surface area contributed by atoms with E-state index in [0.717, 1.165) is 10.3 Å². The first-order valence-electron chi connectivity index (χ1n) is 7.56. The molecule has 0 aliphatic carbocycles. The van der Waals surface area contributed by atoms with Crippen molar-refractivity contribution in [3.05, 3.63) is 70.0 Å². The Balaban J connectivity index is 1.86. The van der Waals surface area contributed by atoms with Gasteiger partial charge in [-0.3, -0.25) is 14.0 Å². The number of hydrogen-bond donors (Lipinski definition) is 2. The monoisotopic (exact) mass is 351 g/mol. The molecular formula is C18H13N3O3S. The lowest BCUT2D eigenvalue weighted by atomic mass is 10.2. The van der Waals surface area contributed by atoms with E-state index in [-0.39, 0.29) is 5.56 Å². The molecule has 124 valence electrons. The smallest absolute Gasteiger partial charge is 0.275 e. The van der Waals surface area contributed by atoms with Crippen molar-refractivity contribution in [1.82, 2.24) is 9.38 Å². The van der Waals surface area contributed by atoms with E-state index in [9.17, 15) is 14.7 Å². The van der Waals surface area contributed by atoms with Gasteiger partial charge in [-0.2, -0.15) is 4.98 Å². The van der Waals surface area contributed by atoms with Crippen molar-refractivity contribution in [1.29, 1.82) is 0 Å². The molecule has 2 N–H and O–H groups in total. The zero-order valence-electron chi connectivity index (χ0n) is 13.2. The lowest BCUT2D eigenvalue weighted by molar-refractivity contribution is 0.102. The first-order valence-corrected chi connectivity index (χ1v) is 8.37. The van der Waals surface area contributed by atoms with Crippen molar-refractivity contribution in [2.75, 3.05) is 5.32 Å². The van der Waals surface area contributed by atoms with Crippen molar-refractivity contribution >= 4 is 38.1 Å². The van der Waals surface area contributed by atoms with Gasteiger partial charge < -0.3 is 10.4 Å². The number of benzene rings is 2. The Morgan fingerprint density at radius 3 is 2.64 bits per heavy atom. The standard InChI is InChI=1S/C18H13N3O3S/c1-10-6-8-11(9-7-10)19-15(22)14-16(23)20-18-21(17(14)24)12-4-2-3-5-13(12)25-18/h2-9,23H,1H3,(H,19,22). The second-order valence-electron chi connectivity index (χ2n) is 5.62. The Kier molecular flexibility index (Phi) is 3.51.